The smallest absolute Gasteiger partial charge is 0.257 e. The Kier molecular flexibility index (Phi) is 4.35. The maximum atomic E-state index is 12.9. The van der Waals surface area contributed by atoms with Crippen LogP contribution in [-0.2, 0) is 6.54 Å². The van der Waals surface area contributed by atoms with Gasteiger partial charge in [-0.05, 0) is 46.8 Å². The van der Waals surface area contributed by atoms with Crippen LogP contribution in [0.3, 0.4) is 0 Å². The topological polar surface area (TPSA) is 29.5 Å². The zero-order valence-electron chi connectivity index (χ0n) is 13.5. The van der Waals surface area contributed by atoms with Crippen molar-refractivity contribution in [3.63, 3.8) is 0 Å². The van der Waals surface area contributed by atoms with Gasteiger partial charge < -0.3 is 9.64 Å². The molecule has 0 saturated carbocycles. The number of amides is 1. The lowest BCUT2D eigenvalue weighted by Gasteiger charge is -2.19. The Morgan fingerprint density at radius 2 is 1.87 bits per heavy atom. The molecule has 1 aromatic heterocycles. The van der Waals surface area contributed by atoms with Gasteiger partial charge in [-0.1, -0.05) is 24.3 Å². The van der Waals surface area contributed by atoms with Crippen LogP contribution in [0.2, 0.25) is 0 Å². The highest BCUT2D eigenvalue weighted by molar-refractivity contribution is 7.10. The minimum atomic E-state index is -0.0274. The minimum Gasteiger partial charge on any atom is -0.496 e. The molecule has 0 saturated heterocycles. The van der Waals surface area contributed by atoms with Gasteiger partial charge >= 0.3 is 0 Å². The van der Waals surface area contributed by atoms with Gasteiger partial charge in [0.05, 0.1) is 19.2 Å². The van der Waals surface area contributed by atoms with E-state index in [4.69, 9.17) is 4.74 Å². The minimum absolute atomic E-state index is 0.0274. The average molecular weight is 325 g/mol. The van der Waals surface area contributed by atoms with E-state index in [1.54, 1.807) is 23.3 Å². The molecule has 1 heterocycles. The summed E-state index contributed by atoms with van der Waals surface area (Å²) in [5.74, 6) is 0.587. The van der Waals surface area contributed by atoms with Crippen molar-refractivity contribution in [2.24, 2.45) is 0 Å². The molecule has 0 aliphatic carbocycles. The van der Waals surface area contributed by atoms with Crippen molar-refractivity contribution >= 4 is 28.0 Å². The Hall–Kier alpha value is -2.33. The van der Waals surface area contributed by atoms with E-state index in [9.17, 15) is 4.79 Å². The summed E-state index contributed by atoms with van der Waals surface area (Å²) >= 11 is 1.68. The molecule has 3 aromatic rings. The summed E-state index contributed by atoms with van der Waals surface area (Å²) in [7, 11) is 3.43. The van der Waals surface area contributed by atoms with Gasteiger partial charge in [-0.25, -0.2) is 0 Å². The van der Waals surface area contributed by atoms with Crippen molar-refractivity contribution in [2.45, 2.75) is 13.5 Å². The molecule has 0 atom stereocenters. The molecule has 0 unspecified atom stereocenters. The Morgan fingerprint density at radius 1 is 1.17 bits per heavy atom. The number of benzene rings is 2. The third kappa shape index (κ3) is 3.08. The van der Waals surface area contributed by atoms with Gasteiger partial charge in [-0.2, -0.15) is 0 Å². The molecule has 0 fully saturated rings. The summed E-state index contributed by atoms with van der Waals surface area (Å²) in [4.78, 5) is 15.8. The molecular weight excluding hydrogens is 306 g/mol. The van der Waals surface area contributed by atoms with Gasteiger partial charge in [0.15, 0.2) is 0 Å². The van der Waals surface area contributed by atoms with Gasteiger partial charge in [0.25, 0.3) is 5.91 Å². The van der Waals surface area contributed by atoms with Gasteiger partial charge in [-0.15, -0.1) is 11.3 Å². The monoisotopic (exact) mass is 325 g/mol. The van der Waals surface area contributed by atoms with Crippen molar-refractivity contribution in [3.05, 3.63) is 63.8 Å². The van der Waals surface area contributed by atoms with Crippen molar-refractivity contribution in [3.8, 4) is 5.75 Å². The highest BCUT2D eigenvalue weighted by Gasteiger charge is 2.18. The van der Waals surface area contributed by atoms with Gasteiger partial charge in [0, 0.05) is 11.9 Å². The van der Waals surface area contributed by atoms with Crippen LogP contribution in [0.25, 0.3) is 10.8 Å². The number of nitrogens with zero attached hydrogens (tertiary/aromatic N) is 1. The van der Waals surface area contributed by atoms with E-state index in [0.717, 1.165) is 10.8 Å². The number of hydrogen-bond donors (Lipinski definition) is 0. The lowest BCUT2D eigenvalue weighted by atomic mass is 10.0. The fourth-order valence-corrected chi connectivity index (χ4v) is 3.57. The highest BCUT2D eigenvalue weighted by atomic mass is 32.1. The molecule has 2 aromatic carbocycles. The first-order chi connectivity index (χ1) is 11.1. The molecule has 0 N–H and O–H groups in total. The summed E-state index contributed by atoms with van der Waals surface area (Å²) in [5, 5.41) is 4.16. The number of methoxy groups -OCH3 is 1. The van der Waals surface area contributed by atoms with E-state index in [0.29, 0.717) is 17.9 Å². The van der Waals surface area contributed by atoms with E-state index >= 15 is 0 Å². The Balaban J connectivity index is 1.94. The van der Waals surface area contributed by atoms with Gasteiger partial charge in [0.1, 0.15) is 5.75 Å². The number of ether oxygens (including phenoxy) is 1. The van der Waals surface area contributed by atoms with E-state index in [1.807, 2.05) is 43.4 Å². The maximum Gasteiger partial charge on any atom is 0.257 e. The third-order valence-corrected chi connectivity index (χ3v) is 5.00. The molecular formula is C19H19NO2S. The molecule has 0 aliphatic rings. The number of carbonyl (C=O) groups excluding carboxylic acids is 1. The van der Waals surface area contributed by atoms with Crippen LogP contribution in [0.5, 0.6) is 5.75 Å². The maximum absolute atomic E-state index is 12.9. The summed E-state index contributed by atoms with van der Waals surface area (Å²) in [6, 6.07) is 13.9. The molecule has 0 spiro atoms. The molecule has 23 heavy (non-hydrogen) atoms. The van der Waals surface area contributed by atoms with Crippen LogP contribution in [0.4, 0.5) is 0 Å². The molecule has 0 bridgehead atoms. The predicted octanol–water partition coefficient (Wildman–Crippen LogP) is 4.49. The summed E-state index contributed by atoms with van der Waals surface area (Å²) in [6.45, 7) is 2.68. The molecule has 3 rings (SSSR count). The second-order valence-electron chi connectivity index (χ2n) is 5.59. The Labute approximate surface area is 140 Å². The quantitative estimate of drug-likeness (QED) is 0.707. The summed E-state index contributed by atoms with van der Waals surface area (Å²) in [5.41, 5.74) is 1.82. The zero-order valence-corrected chi connectivity index (χ0v) is 14.3. The van der Waals surface area contributed by atoms with Crippen LogP contribution < -0.4 is 4.74 Å². The van der Waals surface area contributed by atoms with Crippen molar-refractivity contribution in [1.82, 2.24) is 4.90 Å². The van der Waals surface area contributed by atoms with Gasteiger partial charge in [0.2, 0.25) is 0 Å². The summed E-state index contributed by atoms with van der Waals surface area (Å²) < 4.78 is 5.44. The number of carbonyl (C=O) groups is 1. The normalized spacial score (nSPS) is 10.7. The van der Waals surface area contributed by atoms with Crippen LogP contribution in [0, 0.1) is 6.92 Å². The lowest BCUT2D eigenvalue weighted by Crippen LogP contribution is -2.26. The molecule has 4 heteroatoms. The average Bonchev–Trinajstić information content (AvgIpc) is 2.97. The number of thiophene rings is 1. The van der Waals surface area contributed by atoms with Gasteiger partial charge in [-0.3, -0.25) is 4.79 Å². The Morgan fingerprint density at radius 3 is 2.48 bits per heavy atom. The molecule has 3 nitrogen and oxygen atoms in total. The first-order valence-electron chi connectivity index (χ1n) is 7.45. The second kappa shape index (κ2) is 6.42. The molecule has 0 radical (unpaired) electrons. The molecule has 0 aliphatic heterocycles. The predicted molar refractivity (Wildman–Crippen MR) is 95.4 cm³/mol. The van der Waals surface area contributed by atoms with Crippen molar-refractivity contribution in [2.75, 3.05) is 14.2 Å². The number of aryl methyl sites for hydroxylation is 1. The second-order valence-corrected chi connectivity index (χ2v) is 6.59. The van der Waals surface area contributed by atoms with Crippen LogP contribution in [-0.4, -0.2) is 25.0 Å². The van der Waals surface area contributed by atoms with Crippen molar-refractivity contribution < 1.29 is 9.53 Å². The van der Waals surface area contributed by atoms with E-state index in [-0.39, 0.29) is 5.91 Å². The third-order valence-electron chi connectivity index (χ3n) is 3.99. The van der Waals surface area contributed by atoms with E-state index in [2.05, 4.69) is 18.4 Å². The SMILES string of the molecule is COc1cc2ccccc2cc1C(=O)N(C)Cc1sccc1C. The number of rotatable bonds is 4. The molecule has 118 valence electrons. The molecule has 1 amide bonds. The first kappa shape index (κ1) is 15.6. The number of fused-ring (bicyclic) bond motifs is 1. The fourth-order valence-electron chi connectivity index (χ4n) is 2.61. The summed E-state index contributed by atoms with van der Waals surface area (Å²) in [6.07, 6.45) is 0. The van der Waals surface area contributed by atoms with E-state index < -0.39 is 0 Å². The van der Waals surface area contributed by atoms with Crippen LogP contribution in [0.15, 0.2) is 47.8 Å². The Bertz CT molecular complexity index is 853. The first-order valence-corrected chi connectivity index (χ1v) is 8.33. The lowest BCUT2D eigenvalue weighted by molar-refractivity contribution is 0.0783. The fraction of sp³-hybridized carbons (Fsp3) is 0.211. The van der Waals surface area contributed by atoms with E-state index in [1.165, 1.54) is 10.4 Å². The van der Waals surface area contributed by atoms with Crippen LogP contribution in [0.1, 0.15) is 20.8 Å². The highest BCUT2D eigenvalue weighted by Crippen LogP contribution is 2.27. The van der Waals surface area contributed by atoms with Crippen LogP contribution >= 0.6 is 11.3 Å². The zero-order chi connectivity index (χ0) is 16.4. The standard InChI is InChI=1S/C19H19NO2S/c1-13-8-9-23-18(13)12-20(2)19(21)16-10-14-6-4-5-7-15(14)11-17(16)22-3/h4-11H,12H2,1-3H3. The largest absolute Gasteiger partial charge is 0.496 e. The number of hydrogen-bond acceptors (Lipinski definition) is 3. The van der Waals surface area contributed by atoms with Crippen molar-refractivity contribution in [1.29, 1.82) is 0 Å².